The van der Waals surface area contributed by atoms with Crippen LogP contribution in [0.1, 0.15) is 11.5 Å². The van der Waals surface area contributed by atoms with Crippen molar-refractivity contribution in [2.75, 3.05) is 20.1 Å². The summed E-state index contributed by atoms with van der Waals surface area (Å²) in [6.07, 6.45) is 3.64. The van der Waals surface area contributed by atoms with Gasteiger partial charge in [-0.3, -0.25) is 9.69 Å². The minimum atomic E-state index is 0.0518. The van der Waals surface area contributed by atoms with Gasteiger partial charge in [0.2, 0.25) is 0 Å². The molecular formula is C16H13I2NO3. The van der Waals surface area contributed by atoms with Crippen LogP contribution in [0.4, 0.5) is 0 Å². The van der Waals surface area contributed by atoms with E-state index in [1.54, 1.807) is 0 Å². The largest absolute Gasteiger partial charge is 0.451 e. The van der Waals surface area contributed by atoms with Crippen LogP contribution in [-0.4, -0.2) is 30.8 Å². The number of likely N-dealkylation sites (N-methyl/N-ethyl adjacent to an activating group) is 1. The van der Waals surface area contributed by atoms with Crippen LogP contribution in [0.2, 0.25) is 0 Å². The Hall–Kier alpha value is -0.870. The van der Waals surface area contributed by atoms with Crippen molar-refractivity contribution in [3.8, 4) is 0 Å². The maximum absolute atomic E-state index is 12.6. The van der Waals surface area contributed by atoms with Crippen LogP contribution >= 0.6 is 45.2 Å². The first-order valence-electron chi connectivity index (χ1n) is 6.66. The van der Waals surface area contributed by atoms with Gasteiger partial charge in [0, 0.05) is 24.2 Å². The van der Waals surface area contributed by atoms with Crippen molar-refractivity contribution in [3.63, 3.8) is 0 Å². The van der Waals surface area contributed by atoms with Crippen molar-refractivity contribution >= 4 is 63.1 Å². The highest BCUT2D eigenvalue weighted by atomic mass is 127. The number of hydrogen-bond acceptors (Lipinski definition) is 4. The van der Waals surface area contributed by atoms with Gasteiger partial charge in [0.15, 0.2) is 13.3 Å². The number of carbonyl (C=O) groups excluding carboxylic acids is 1. The number of carbonyl (C=O) groups is 1. The molecular weight excluding hydrogens is 508 g/mol. The molecule has 0 spiro atoms. The van der Waals surface area contributed by atoms with Gasteiger partial charge in [0.25, 0.3) is 0 Å². The molecule has 0 saturated carbocycles. The number of ketones is 1. The van der Waals surface area contributed by atoms with E-state index in [2.05, 4.69) is 50.1 Å². The third-order valence-electron chi connectivity index (χ3n) is 3.28. The zero-order chi connectivity index (χ0) is 15.7. The second kappa shape index (κ2) is 6.71. The van der Waals surface area contributed by atoms with Gasteiger partial charge in [-0.2, -0.15) is 0 Å². The predicted octanol–water partition coefficient (Wildman–Crippen LogP) is 4.06. The number of likely N-dealkylation sites (tertiary alicyclic amines) is 1. The quantitative estimate of drug-likeness (QED) is 0.442. The molecule has 4 nitrogen and oxygen atoms in total. The van der Waals surface area contributed by atoms with Crippen LogP contribution in [0.25, 0.3) is 12.2 Å². The van der Waals surface area contributed by atoms with Gasteiger partial charge in [0.05, 0.1) is 0 Å². The Labute approximate surface area is 155 Å². The highest BCUT2D eigenvalue weighted by molar-refractivity contribution is 14.1. The fraction of sp³-hybridized carbons (Fsp3) is 0.188. The van der Waals surface area contributed by atoms with Gasteiger partial charge >= 0.3 is 0 Å². The molecule has 0 atom stereocenters. The van der Waals surface area contributed by atoms with E-state index in [0.29, 0.717) is 24.6 Å². The Balaban J connectivity index is 1.91. The zero-order valence-electron chi connectivity index (χ0n) is 11.8. The third kappa shape index (κ3) is 3.72. The van der Waals surface area contributed by atoms with Crippen LogP contribution in [-0.2, 0) is 4.79 Å². The SMILES string of the molecule is CN1C/C(=C\c2ccc(I)o2)C(=O)/C(=C/c2ccc(I)o2)C1. The van der Waals surface area contributed by atoms with Crippen LogP contribution in [0.5, 0.6) is 0 Å². The molecule has 2 aromatic rings. The molecule has 0 bridgehead atoms. The smallest absolute Gasteiger partial charge is 0.187 e. The summed E-state index contributed by atoms with van der Waals surface area (Å²) in [5.74, 6) is 1.46. The number of hydrogen-bond donors (Lipinski definition) is 0. The normalized spacial score (nSPS) is 20.2. The highest BCUT2D eigenvalue weighted by Gasteiger charge is 2.24. The maximum atomic E-state index is 12.6. The number of rotatable bonds is 2. The lowest BCUT2D eigenvalue weighted by Gasteiger charge is -2.25. The van der Waals surface area contributed by atoms with Crippen molar-refractivity contribution in [2.24, 2.45) is 0 Å². The molecule has 0 radical (unpaired) electrons. The summed E-state index contributed by atoms with van der Waals surface area (Å²) in [5.41, 5.74) is 1.46. The average Bonchev–Trinajstić information content (AvgIpc) is 3.04. The lowest BCUT2D eigenvalue weighted by atomic mass is 9.96. The van der Waals surface area contributed by atoms with Crippen molar-refractivity contribution in [1.29, 1.82) is 0 Å². The summed E-state index contributed by atoms with van der Waals surface area (Å²) >= 11 is 4.22. The fourth-order valence-corrected chi connectivity index (χ4v) is 3.23. The van der Waals surface area contributed by atoms with Gasteiger partial charge < -0.3 is 8.83 Å². The summed E-state index contributed by atoms with van der Waals surface area (Å²) in [7, 11) is 1.99. The first-order valence-corrected chi connectivity index (χ1v) is 8.82. The molecule has 1 aliphatic rings. The monoisotopic (exact) mass is 521 g/mol. The predicted molar refractivity (Wildman–Crippen MR) is 101 cm³/mol. The summed E-state index contributed by atoms with van der Waals surface area (Å²) in [6.45, 7) is 1.23. The molecule has 0 amide bonds. The van der Waals surface area contributed by atoms with Gasteiger partial charge in [0.1, 0.15) is 11.5 Å². The second-order valence-electron chi connectivity index (χ2n) is 5.12. The molecule has 1 aliphatic heterocycles. The van der Waals surface area contributed by atoms with E-state index in [4.69, 9.17) is 8.83 Å². The fourth-order valence-electron chi connectivity index (χ4n) is 2.36. The zero-order valence-corrected chi connectivity index (χ0v) is 16.1. The van der Waals surface area contributed by atoms with Gasteiger partial charge in [-0.25, -0.2) is 0 Å². The molecule has 0 aromatic carbocycles. The van der Waals surface area contributed by atoms with Crippen molar-refractivity contribution < 1.29 is 13.6 Å². The lowest BCUT2D eigenvalue weighted by Crippen LogP contribution is -2.34. The Kier molecular flexibility index (Phi) is 4.88. The molecule has 3 heterocycles. The molecule has 114 valence electrons. The summed E-state index contributed by atoms with van der Waals surface area (Å²) < 4.78 is 12.7. The topological polar surface area (TPSA) is 46.6 Å². The van der Waals surface area contributed by atoms with Crippen LogP contribution in [0, 0.1) is 7.53 Å². The minimum absolute atomic E-state index is 0.0518. The Morgan fingerprint density at radius 2 is 1.41 bits per heavy atom. The lowest BCUT2D eigenvalue weighted by molar-refractivity contribution is -0.113. The molecule has 22 heavy (non-hydrogen) atoms. The molecule has 3 rings (SSSR count). The number of furan rings is 2. The molecule has 6 heteroatoms. The Morgan fingerprint density at radius 3 is 1.77 bits per heavy atom. The van der Waals surface area contributed by atoms with Crippen molar-refractivity contribution in [3.05, 3.63) is 54.5 Å². The van der Waals surface area contributed by atoms with Gasteiger partial charge in [-0.1, -0.05) is 0 Å². The van der Waals surface area contributed by atoms with Crippen LogP contribution < -0.4 is 0 Å². The van der Waals surface area contributed by atoms with E-state index < -0.39 is 0 Å². The minimum Gasteiger partial charge on any atom is -0.451 e. The summed E-state index contributed by atoms with van der Waals surface area (Å²) in [4.78, 5) is 14.7. The van der Waals surface area contributed by atoms with Gasteiger partial charge in [-0.15, -0.1) is 0 Å². The Bertz CT molecular complexity index is 708. The molecule has 0 N–H and O–H groups in total. The van der Waals surface area contributed by atoms with E-state index in [1.807, 2.05) is 43.5 Å². The number of piperidine rings is 1. The summed E-state index contributed by atoms with van der Waals surface area (Å²) in [6, 6.07) is 7.50. The second-order valence-corrected chi connectivity index (χ2v) is 7.25. The summed E-state index contributed by atoms with van der Waals surface area (Å²) in [5, 5.41) is 0. The van der Waals surface area contributed by atoms with Crippen molar-refractivity contribution in [2.45, 2.75) is 0 Å². The number of nitrogens with zero attached hydrogens (tertiary/aromatic N) is 1. The molecule has 1 saturated heterocycles. The van der Waals surface area contributed by atoms with Gasteiger partial charge in [-0.05, 0) is 88.6 Å². The first kappa shape index (κ1) is 16.0. The maximum Gasteiger partial charge on any atom is 0.187 e. The van der Waals surface area contributed by atoms with E-state index in [9.17, 15) is 4.79 Å². The molecule has 0 aliphatic carbocycles. The highest BCUT2D eigenvalue weighted by Crippen LogP contribution is 2.23. The molecule has 0 unspecified atom stereocenters. The Morgan fingerprint density at radius 1 is 0.955 bits per heavy atom. The average molecular weight is 521 g/mol. The number of halogens is 2. The van der Waals surface area contributed by atoms with Crippen LogP contribution in [0.15, 0.2) is 44.2 Å². The van der Waals surface area contributed by atoms with E-state index in [-0.39, 0.29) is 5.78 Å². The molecule has 2 aromatic heterocycles. The first-order chi connectivity index (χ1) is 10.5. The van der Waals surface area contributed by atoms with Crippen molar-refractivity contribution in [1.82, 2.24) is 4.90 Å². The van der Waals surface area contributed by atoms with E-state index in [1.165, 1.54) is 0 Å². The van der Waals surface area contributed by atoms with E-state index >= 15 is 0 Å². The molecule has 1 fully saturated rings. The standard InChI is InChI=1S/C16H13I2NO3/c1-19-8-10(6-12-2-4-14(17)21-12)16(20)11(9-19)7-13-3-5-15(18)22-13/h2-7H,8-9H2,1H3/b10-6+,11-7+. The van der Waals surface area contributed by atoms with E-state index in [0.717, 1.165) is 18.7 Å². The van der Waals surface area contributed by atoms with Crippen LogP contribution in [0.3, 0.4) is 0 Å². The third-order valence-corrected chi connectivity index (χ3v) is 4.44. The number of Topliss-reactive ketones (excluding diaryl/α,β-unsaturated/α-hetero) is 1.